The summed E-state index contributed by atoms with van der Waals surface area (Å²) < 4.78 is 9.96. The summed E-state index contributed by atoms with van der Waals surface area (Å²) in [5, 5.41) is 2.67. The van der Waals surface area contributed by atoms with Gasteiger partial charge in [-0.05, 0) is 18.4 Å². The van der Waals surface area contributed by atoms with Gasteiger partial charge in [0.15, 0.2) is 6.10 Å². The highest BCUT2D eigenvalue weighted by Crippen LogP contribution is 2.17. The molecule has 0 radical (unpaired) electrons. The van der Waals surface area contributed by atoms with Crippen molar-refractivity contribution in [1.82, 2.24) is 5.32 Å². The lowest BCUT2D eigenvalue weighted by Gasteiger charge is -2.20. The average molecular weight is 303 g/mol. The van der Waals surface area contributed by atoms with Crippen LogP contribution in [0.1, 0.15) is 30.9 Å². The molecule has 0 unspecified atom stereocenters. The van der Waals surface area contributed by atoms with Gasteiger partial charge in [0.25, 0.3) is 5.91 Å². The highest BCUT2D eigenvalue weighted by Gasteiger charge is 2.26. The summed E-state index contributed by atoms with van der Waals surface area (Å²) in [6.45, 7) is 0. The third kappa shape index (κ3) is 5.23. The van der Waals surface area contributed by atoms with Gasteiger partial charge in [0, 0.05) is 13.5 Å². The van der Waals surface area contributed by atoms with Gasteiger partial charge in [0.1, 0.15) is 6.04 Å². The minimum atomic E-state index is -0.777. The molecule has 5 nitrogen and oxygen atoms in total. The van der Waals surface area contributed by atoms with Gasteiger partial charge in [0.05, 0.1) is 7.11 Å². The molecule has 0 bridgehead atoms. The fraction of sp³-hybridized carbons (Fsp3) is 0.412. The molecule has 0 saturated carbocycles. The Morgan fingerprint density at radius 3 is 2.50 bits per heavy atom. The maximum atomic E-state index is 12.4. The van der Waals surface area contributed by atoms with Crippen LogP contribution in [0.25, 0.3) is 0 Å². The number of methoxy groups -OCH3 is 2. The number of esters is 1. The highest BCUT2D eigenvalue weighted by atomic mass is 16.5. The van der Waals surface area contributed by atoms with Crippen molar-refractivity contribution in [3.8, 4) is 12.3 Å². The van der Waals surface area contributed by atoms with Crippen LogP contribution < -0.4 is 5.32 Å². The van der Waals surface area contributed by atoms with Crippen LogP contribution in [0.5, 0.6) is 0 Å². The number of hydrogen-bond donors (Lipinski definition) is 1. The van der Waals surface area contributed by atoms with Crippen LogP contribution in [0.2, 0.25) is 0 Å². The number of benzene rings is 1. The van der Waals surface area contributed by atoms with Crippen molar-refractivity contribution in [1.29, 1.82) is 0 Å². The summed E-state index contributed by atoms with van der Waals surface area (Å²) in [4.78, 5) is 24.1. The number of carbonyl (C=O) groups is 2. The van der Waals surface area contributed by atoms with Crippen molar-refractivity contribution in [2.24, 2.45) is 0 Å². The van der Waals surface area contributed by atoms with Crippen LogP contribution in [-0.2, 0) is 19.1 Å². The van der Waals surface area contributed by atoms with Gasteiger partial charge in [-0.15, -0.1) is 12.3 Å². The van der Waals surface area contributed by atoms with Crippen molar-refractivity contribution in [3.05, 3.63) is 35.9 Å². The van der Waals surface area contributed by atoms with E-state index in [9.17, 15) is 9.59 Å². The molecule has 1 aromatic rings. The lowest BCUT2D eigenvalue weighted by atomic mass is 10.1. The van der Waals surface area contributed by atoms with Gasteiger partial charge >= 0.3 is 5.97 Å². The van der Waals surface area contributed by atoms with E-state index in [1.54, 1.807) is 12.1 Å². The second kappa shape index (κ2) is 9.59. The first-order valence-electron chi connectivity index (χ1n) is 7.03. The van der Waals surface area contributed by atoms with Gasteiger partial charge in [0.2, 0.25) is 0 Å². The van der Waals surface area contributed by atoms with E-state index in [2.05, 4.69) is 11.2 Å². The molecule has 0 aromatic heterocycles. The zero-order valence-electron chi connectivity index (χ0n) is 12.9. The van der Waals surface area contributed by atoms with Gasteiger partial charge in [-0.1, -0.05) is 30.3 Å². The van der Waals surface area contributed by atoms with Crippen LogP contribution in [0, 0.1) is 12.3 Å². The zero-order valence-corrected chi connectivity index (χ0v) is 12.9. The predicted octanol–water partition coefficient (Wildman–Crippen LogP) is 1.84. The molecule has 0 saturated heterocycles. The fourth-order valence-corrected chi connectivity index (χ4v) is 2.07. The number of amides is 1. The smallest absolute Gasteiger partial charge is 0.328 e. The first-order valence-corrected chi connectivity index (χ1v) is 7.03. The largest absolute Gasteiger partial charge is 0.467 e. The third-order valence-electron chi connectivity index (χ3n) is 3.19. The number of unbranched alkanes of at least 4 members (excludes halogenated alkanes) is 1. The highest BCUT2D eigenvalue weighted by molar-refractivity contribution is 5.87. The molecule has 5 heteroatoms. The molecule has 0 aliphatic rings. The summed E-state index contributed by atoms with van der Waals surface area (Å²) >= 11 is 0. The van der Waals surface area contributed by atoms with E-state index in [4.69, 9.17) is 15.9 Å². The molecule has 1 N–H and O–H groups in total. The van der Waals surface area contributed by atoms with Crippen LogP contribution >= 0.6 is 0 Å². The summed E-state index contributed by atoms with van der Waals surface area (Å²) in [7, 11) is 2.73. The standard InChI is InChI=1S/C17H21NO4/c1-4-5-7-12-14(17(20)22-3)18-16(19)15(21-2)13-10-8-6-9-11-13/h1,6,8-11,14-15H,5,7,12H2,2-3H3,(H,18,19)/t14-,15+/m1/s1. The Morgan fingerprint density at radius 2 is 1.95 bits per heavy atom. The fourth-order valence-electron chi connectivity index (χ4n) is 2.07. The van der Waals surface area contributed by atoms with Crippen molar-refractivity contribution in [2.75, 3.05) is 14.2 Å². The maximum absolute atomic E-state index is 12.4. The van der Waals surface area contributed by atoms with E-state index in [0.717, 1.165) is 5.56 Å². The molecule has 1 amide bonds. The molecule has 22 heavy (non-hydrogen) atoms. The molecule has 1 rings (SSSR count). The quantitative estimate of drug-likeness (QED) is 0.452. The summed E-state index contributed by atoms with van der Waals surface area (Å²) in [6.07, 6.45) is 6.01. The van der Waals surface area contributed by atoms with Gasteiger partial charge in [-0.25, -0.2) is 4.79 Å². The molecule has 0 aliphatic carbocycles. The Labute approximate surface area is 131 Å². The summed E-state index contributed by atoms with van der Waals surface area (Å²) in [5.74, 6) is 1.63. The number of rotatable bonds is 8. The number of hydrogen-bond acceptors (Lipinski definition) is 4. The third-order valence-corrected chi connectivity index (χ3v) is 3.19. The second-order valence-electron chi connectivity index (χ2n) is 4.71. The van der Waals surface area contributed by atoms with E-state index < -0.39 is 18.1 Å². The number of nitrogens with one attached hydrogen (secondary N) is 1. The number of carbonyl (C=O) groups excluding carboxylic acids is 2. The Balaban J connectivity index is 2.75. The van der Waals surface area contributed by atoms with Gasteiger partial charge in [-0.3, -0.25) is 4.79 Å². The molecule has 0 aliphatic heterocycles. The van der Waals surface area contributed by atoms with Crippen molar-refractivity contribution in [3.63, 3.8) is 0 Å². The molecule has 0 heterocycles. The monoisotopic (exact) mass is 303 g/mol. The number of terminal acetylenes is 1. The molecule has 0 spiro atoms. The Morgan fingerprint density at radius 1 is 1.27 bits per heavy atom. The predicted molar refractivity (Wildman–Crippen MR) is 82.8 cm³/mol. The zero-order chi connectivity index (χ0) is 16.4. The molecule has 2 atom stereocenters. The van der Waals surface area contributed by atoms with Gasteiger partial charge in [-0.2, -0.15) is 0 Å². The molecular formula is C17H21NO4. The SMILES string of the molecule is C#CCCC[C@@H](NC(=O)[C@@H](OC)c1ccccc1)C(=O)OC. The second-order valence-corrected chi connectivity index (χ2v) is 4.71. The van der Waals surface area contributed by atoms with Crippen molar-refractivity contribution < 1.29 is 19.1 Å². The molecular weight excluding hydrogens is 282 g/mol. The maximum Gasteiger partial charge on any atom is 0.328 e. The van der Waals surface area contributed by atoms with Crippen molar-refractivity contribution >= 4 is 11.9 Å². The lowest BCUT2D eigenvalue weighted by molar-refractivity contribution is -0.147. The van der Waals surface area contributed by atoms with Crippen molar-refractivity contribution in [2.45, 2.75) is 31.4 Å². The average Bonchev–Trinajstić information content (AvgIpc) is 2.55. The van der Waals surface area contributed by atoms with Gasteiger partial charge < -0.3 is 14.8 Å². The Kier molecular flexibility index (Phi) is 7.73. The van der Waals surface area contributed by atoms with Crippen LogP contribution in [0.4, 0.5) is 0 Å². The number of ether oxygens (including phenoxy) is 2. The van der Waals surface area contributed by atoms with E-state index in [1.165, 1.54) is 14.2 Å². The molecule has 1 aromatic carbocycles. The van der Waals surface area contributed by atoms with E-state index >= 15 is 0 Å². The van der Waals surface area contributed by atoms with E-state index in [1.807, 2.05) is 18.2 Å². The first-order chi connectivity index (χ1) is 10.6. The Hall–Kier alpha value is -2.32. The van der Waals surface area contributed by atoms with Crippen LogP contribution in [-0.4, -0.2) is 32.1 Å². The molecule has 0 fully saturated rings. The van der Waals surface area contributed by atoms with Crippen LogP contribution in [0.15, 0.2) is 30.3 Å². The van der Waals surface area contributed by atoms with E-state index in [0.29, 0.717) is 19.3 Å². The normalized spacial score (nSPS) is 12.8. The van der Waals surface area contributed by atoms with E-state index in [-0.39, 0.29) is 5.91 Å². The first kappa shape index (κ1) is 17.7. The summed E-state index contributed by atoms with van der Waals surface area (Å²) in [5.41, 5.74) is 0.717. The van der Waals surface area contributed by atoms with Crippen LogP contribution in [0.3, 0.4) is 0 Å². The minimum absolute atomic E-state index is 0.384. The summed E-state index contributed by atoms with van der Waals surface area (Å²) in [6, 6.07) is 8.34. The topological polar surface area (TPSA) is 64.6 Å². The lowest BCUT2D eigenvalue weighted by Crippen LogP contribution is -2.44. The molecule has 118 valence electrons. The minimum Gasteiger partial charge on any atom is -0.467 e. The Bertz CT molecular complexity index is 521.